The fourth-order valence-corrected chi connectivity index (χ4v) is 3.57. The first kappa shape index (κ1) is 19.3. The van der Waals surface area contributed by atoms with Crippen molar-refractivity contribution in [3.63, 3.8) is 0 Å². The average Bonchev–Trinajstić information content (AvgIpc) is 3.13. The average molecular weight is 380 g/mol. The zero-order valence-electron chi connectivity index (χ0n) is 14.9. The van der Waals surface area contributed by atoms with Crippen LogP contribution in [0.25, 0.3) is 0 Å². The van der Waals surface area contributed by atoms with Crippen molar-refractivity contribution in [2.75, 3.05) is 5.32 Å². The van der Waals surface area contributed by atoms with E-state index in [2.05, 4.69) is 15.7 Å². The van der Waals surface area contributed by atoms with E-state index < -0.39 is 24.2 Å². The normalized spacial score (nSPS) is 16.7. The van der Waals surface area contributed by atoms with Crippen LogP contribution < -0.4 is 10.6 Å². The maximum Gasteiger partial charge on any atom is 0.408 e. The molecule has 3 rings (SSSR count). The summed E-state index contributed by atoms with van der Waals surface area (Å²) in [5, 5.41) is 8.78. The maximum absolute atomic E-state index is 13.4. The molecule has 0 aliphatic heterocycles. The van der Waals surface area contributed by atoms with Gasteiger partial charge in [-0.05, 0) is 42.5 Å². The minimum Gasteiger partial charge on any atom is -0.326 e. The van der Waals surface area contributed by atoms with Crippen molar-refractivity contribution >= 4 is 11.7 Å². The fourth-order valence-electron chi connectivity index (χ4n) is 3.57. The van der Waals surface area contributed by atoms with Crippen LogP contribution in [0.15, 0.2) is 42.7 Å². The first-order chi connectivity index (χ1) is 12.9. The lowest BCUT2D eigenvalue weighted by Gasteiger charge is -2.32. The van der Waals surface area contributed by atoms with E-state index in [4.69, 9.17) is 0 Å². The van der Waals surface area contributed by atoms with Crippen LogP contribution in [-0.4, -0.2) is 28.0 Å². The highest BCUT2D eigenvalue weighted by atomic mass is 19.4. The smallest absolute Gasteiger partial charge is 0.326 e. The number of carbonyl (C=O) groups excluding carboxylic acids is 1. The summed E-state index contributed by atoms with van der Waals surface area (Å²) < 4.78 is 42.0. The van der Waals surface area contributed by atoms with E-state index >= 15 is 0 Å². The second kappa shape index (κ2) is 8.45. The lowest BCUT2D eigenvalue weighted by atomic mass is 9.83. The molecule has 0 saturated heterocycles. The number of anilines is 1. The molecule has 0 unspecified atom stereocenters. The summed E-state index contributed by atoms with van der Waals surface area (Å²) in [6.07, 6.45) is 2.50. The molecule has 1 aliphatic rings. The molecule has 1 aromatic heterocycles. The molecule has 2 aromatic rings. The highest BCUT2D eigenvalue weighted by Gasteiger charge is 2.45. The van der Waals surface area contributed by atoms with Gasteiger partial charge < -0.3 is 10.6 Å². The minimum absolute atomic E-state index is 0.446. The number of aromatic nitrogens is 2. The van der Waals surface area contributed by atoms with Crippen LogP contribution in [0.2, 0.25) is 0 Å². The van der Waals surface area contributed by atoms with Crippen molar-refractivity contribution in [3.8, 4) is 0 Å². The summed E-state index contributed by atoms with van der Waals surface area (Å²) in [6.45, 7) is 0.511. The summed E-state index contributed by atoms with van der Waals surface area (Å²) in [5.41, 5.74) is 1.33. The number of nitrogens with one attached hydrogen (secondary N) is 2. The molecule has 1 saturated carbocycles. The van der Waals surface area contributed by atoms with Crippen LogP contribution >= 0.6 is 0 Å². The zero-order valence-corrected chi connectivity index (χ0v) is 14.9. The number of alkyl halides is 3. The summed E-state index contributed by atoms with van der Waals surface area (Å²) in [4.78, 5) is 12.2. The Labute approximate surface area is 155 Å². The lowest BCUT2D eigenvalue weighted by Crippen LogP contribution is -2.51. The molecule has 1 fully saturated rings. The standard InChI is InChI=1S/C19H23F3N4O/c20-19(21,22)17(15-7-2-1-3-8-15)25-18(27)24-16-9-4-6-14(12-16)13-26-11-5-10-23-26/h4-6,9-12,15,17H,1-3,7-8,13H2,(H2,24,25,27)/t17-/m0/s1. The number of carbonyl (C=O) groups is 1. The summed E-state index contributed by atoms with van der Waals surface area (Å²) in [7, 11) is 0. The second-order valence-corrected chi connectivity index (χ2v) is 6.92. The molecule has 8 heteroatoms. The van der Waals surface area contributed by atoms with E-state index in [1.54, 1.807) is 35.1 Å². The van der Waals surface area contributed by atoms with Gasteiger partial charge in [0.25, 0.3) is 0 Å². The van der Waals surface area contributed by atoms with Gasteiger partial charge in [0.1, 0.15) is 6.04 Å². The zero-order chi connectivity index (χ0) is 19.3. The molecule has 0 radical (unpaired) electrons. The van der Waals surface area contributed by atoms with Gasteiger partial charge in [-0.3, -0.25) is 4.68 Å². The Kier molecular flexibility index (Phi) is 6.03. The molecule has 1 heterocycles. The minimum atomic E-state index is -4.46. The third-order valence-corrected chi connectivity index (χ3v) is 4.85. The SMILES string of the molecule is O=C(Nc1cccc(Cn2cccn2)c1)N[C@@H](C1CCCCC1)C(F)(F)F. The van der Waals surface area contributed by atoms with E-state index in [-0.39, 0.29) is 0 Å². The van der Waals surface area contributed by atoms with E-state index in [1.807, 2.05) is 12.3 Å². The third-order valence-electron chi connectivity index (χ3n) is 4.85. The maximum atomic E-state index is 13.4. The van der Waals surface area contributed by atoms with Gasteiger partial charge in [-0.2, -0.15) is 18.3 Å². The van der Waals surface area contributed by atoms with E-state index in [0.717, 1.165) is 24.8 Å². The number of rotatable bonds is 5. The number of nitrogens with zero attached hydrogens (tertiary/aromatic N) is 2. The van der Waals surface area contributed by atoms with Gasteiger partial charge in [-0.1, -0.05) is 31.4 Å². The predicted molar refractivity (Wildman–Crippen MR) is 96.3 cm³/mol. The lowest BCUT2D eigenvalue weighted by molar-refractivity contribution is -0.167. The molecule has 0 bridgehead atoms. The van der Waals surface area contributed by atoms with Crippen LogP contribution in [0.4, 0.5) is 23.7 Å². The Hall–Kier alpha value is -2.51. The predicted octanol–water partition coefficient (Wildman–Crippen LogP) is 4.56. The summed E-state index contributed by atoms with van der Waals surface area (Å²) in [5.74, 6) is -0.560. The van der Waals surface area contributed by atoms with E-state index in [0.29, 0.717) is 25.1 Å². The molecule has 5 nitrogen and oxygen atoms in total. The van der Waals surface area contributed by atoms with E-state index in [9.17, 15) is 18.0 Å². The number of halogens is 3. The van der Waals surface area contributed by atoms with E-state index in [1.165, 1.54) is 0 Å². The van der Waals surface area contributed by atoms with Crippen molar-refractivity contribution in [3.05, 3.63) is 48.3 Å². The van der Waals surface area contributed by atoms with Crippen molar-refractivity contribution < 1.29 is 18.0 Å². The Morgan fingerprint density at radius 3 is 2.67 bits per heavy atom. The number of benzene rings is 1. The molecule has 2 N–H and O–H groups in total. The first-order valence-electron chi connectivity index (χ1n) is 9.12. The van der Waals surface area contributed by atoms with Crippen LogP contribution in [0.5, 0.6) is 0 Å². The third kappa shape index (κ3) is 5.48. The monoisotopic (exact) mass is 380 g/mol. The quantitative estimate of drug-likeness (QED) is 0.799. The molecular weight excluding hydrogens is 357 g/mol. The van der Waals surface area contributed by atoms with Gasteiger partial charge >= 0.3 is 12.2 Å². The molecule has 2 amide bonds. The molecule has 146 valence electrons. The van der Waals surface area contributed by atoms with Crippen molar-refractivity contribution in [2.45, 2.75) is 50.9 Å². The summed E-state index contributed by atoms with van der Waals surface area (Å²) in [6, 6.07) is 6.14. The highest BCUT2D eigenvalue weighted by molar-refractivity contribution is 5.89. The Bertz CT molecular complexity index is 740. The largest absolute Gasteiger partial charge is 0.408 e. The first-order valence-corrected chi connectivity index (χ1v) is 9.12. The summed E-state index contributed by atoms with van der Waals surface area (Å²) >= 11 is 0. The Balaban J connectivity index is 1.63. The Morgan fingerprint density at radius 1 is 1.22 bits per heavy atom. The van der Waals surface area contributed by atoms with Crippen molar-refractivity contribution in [1.82, 2.24) is 15.1 Å². The van der Waals surface area contributed by atoms with Gasteiger partial charge in [-0.25, -0.2) is 4.79 Å². The number of amides is 2. The van der Waals surface area contributed by atoms with Crippen molar-refractivity contribution in [2.24, 2.45) is 5.92 Å². The van der Waals surface area contributed by atoms with Gasteiger partial charge in [0.15, 0.2) is 0 Å². The number of hydrogen-bond acceptors (Lipinski definition) is 2. The molecule has 1 aromatic carbocycles. The second-order valence-electron chi connectivity index (χ2n) is 6.92. The molecule has 0 spiro atoms. The van der Waals surface area contributed by atoms with Crippen LogP contribution in [-0.2, 0) is 6.54 Å². The molecular formula is C19H23F3N4O. The number of urea groups is 1. The van der Waals surface area contributed by atoms with Gasteiger partial charge in [0.05, 0.1) is 6.54 Å². The molecule has 1 aliphatic carbocycles. The highest BCUT2D eigenvalue weighted by Crippen LogP contribution is 2.34. The van der Waals surface area contributed by atoms with Crippen LogP contribution in [0, 0.1) is 5.92 Å². The van der Waals surface area contributed by atoms with Crippen LogP contribution in [0.3, 0.4) is 0 Å². The Morgan fingerprint density at radius 2 is 2.00 bits per heavy atom. The molecule has 27 heavy (non-hydrogen) atoms. The fraction of sp³-hybridized carbons (Fsp3) is 0.474. The molecule has 1 atom stereocenters. The van der Waals surface area contributed by atoms with Gasteiger partial charge in [0, 0.05) is 18.1 Å². The van der Waals surface area contributed by atoms with Crippen LogP contribution in [0.1, 0.15) is 37.7 Å². The van der Waals surface area contributed by atoms with Gasteiger partial charge in [-0.15, -0.1) is 0 Å². The number of hydrogen-bond donors (Lipinski definition) is 2. The van der Waals surface area contributed by atoms with Gasteiger partial charge in [0.2, 0.25) is 0 Å². The topological polar surface area (TPSA) is 59.0 Å². The van der Waals surface area contributed by atoms with Crippen molar-refractivity contribution in [1.29, 1.82) is 0 Å².